The van der Waals surface area contributed by atoms with Crippen LogP contribution in [0.5, 0.6) is 0 Å². The monoisotopic (exact) mass is 449 g/mol. The van der Waals surface area contributed by atoms with Crippen LogP contribution in [0.25, 0.3) is 0 Å². The number of carbonyl (C=O) groups excluding carboxylic acids is 1. The SMILES string of the molecule is O=C(NC1CCC(F)(F)CC1)c1ccc2c(c1)N=C(c1ccccn1)c1ccccc1S2. The van der Waals surface area contributed by atoms with Gasteiger partial charge < -0.3 is 5.32 Å². The van der Waals surface area contributed by atoms with E-state index in [1.165, 1.54) is 0 Å². The Hall–Kier alpha value is -3.06. The first kappa shape index (κ1) is 20.8. The standard InChI is InChI=1S/C25H21F2N3OS/c26-25(27)12-10-17(11-13-25)29-24(31)16-8-9-22-20(15-16)30-23(19-6-3-4-14-28-19)18-5-1-2-7-21(18)32-22/h1-9,14-15,17H,10-13H2,(H,29,31). The first-order chi connectivity index (χ1) is 15.5. The fourth-order valence-electron chi connectivity index (χ4n) is 4.03. The number of nitrogens with zero attached hydrogens (tertiary/aromatic N) is 2. The van der Waals surface area contributed by atoms with Crippen LogP contribution in [0.3, 0.4) is 0 Å². The zero-order valence-electron chi connectivity index (χ0n) is 17.2. The van der Waals surface area contributed by atoms with Gasteiger partial charge in [0, 0.05) is 46.0 Å². The molecule has 1 N–H and O–H groups in total. The molecule has 0 atom stereocenters. The molecule has 5 rings (SSSR count). The molecular formula is C25H21F2N3OS. The summed E-state index contributed by atoms with van der Waals surface area (Å²) in [5.74, 6) is -2.88. The number of aromatic nitrogens is 1. The lowest BCUT2D eigenvalue weighted by Crippen LogP contribution is -2.40. The number of carbonyl (C=O) groups is 1. The Labute approximate surface area is 189 Å². The first-order valence-electron chi connectivity index (χ1n) is 10.6. The zero-order chi connectivity index (χ0) is 22.1. The van der Waals surface area contributed by atoms with Crippen LogP contribution in [-0.2, 0) is 0 Å². The molecule has 0 radical (unpaired) electrons. The summed E-state index contributed by atoms with van der Waals surface area (Å²) in [7, 11) is 0. The van der Waals surface area contributed by atoms with E-state index in [4.69, 9.17) is 4.99 Å². The molecule has 7 heteroatoms. The molecule has 1 aliphatic heterocycles. The topological polar surface area (TPSA) is 54.4 Å². The average molecular weight is 450 g/mol. The van der Waals surface area contributed by atoms with Gasteiger partial charge in [0.05, 0.1) is 17.1 Å². The third kappa shape index (κ3) is 4.30. The molecule has 1 aliphatic carbocycles. The van der Waals surface area contributed by atoms with Gasteiger partial charge in [-0.15, -0.1) is 0 Å². The fraction of sp³-hybridized carbons (Fsp3) is 0.240. The van der Waals surface area contributed by atoms with Crippen LogP contribution in [0, 0.1) is 0 Å². The van der Waals surface area contributed by atoms with E-state index in [1.54, 1.807) is 30.1 Å². The lowest BCUT2D eigenvalue weighted by molar-refractivity contribution is -0.0399. The van der Waals surface area contributed by atoms with Crippen molar-refractivity contribution in [2.24, 2.45) is 4.99 Å². The highest BCUT2D eigenvalue weighted by Crippen LogP contribution is 2.41. The Bertz CT molecular complexity index is 1190. The van der Waals surface area contributed by atoms with Crippen LogP contribution >= 0.6 is 11.8 Å². The van der Waals surface area contributed by atoms with E-state index in [0.717, 1.165) is 26.8 Å². The molecule has 1 saturated carbocycles. The van der Waals surface area contributed by atoms with Gasteiger partial charge in [-0.1, -0.05) is 36.0 Å². The Morgan fingerprint density at radius 1 is 1.00 bits per heavy atom. The smallest absolute Gasteiger partial charge is 0.251 e. The van der Waals surface area contributed by atoms with Crippen LogP contribution in [0.15, 0.2) is 81.6 Å². The van der Waals surface area contributed by atoms with Gasteiger partial charge in [-0.3, -0.25) is 9.78 Å². The highest BCUT2D eigenvalue weighted by atomic mass is 32.2. The van der Waals surface area contributed by atoms with Crippen LogP contribution in [0.2, 0.25) is 0 Å². The highest BCUT2D eigenvalue weighted by Gasteiger charge is 2.35. The van der Waals surface area contributed by atoms with E-state index in [2.05, 4.69) is 10.3 Å². The highest BCUT2D eigenvalue weighted by molar-refractivity contribution is 7.99. The Balaban J connectivity index is 1.47. The maximum absolute atomic E-state index is 13.4. The lowest BCUT2D eigenvalue weighted by Gasteiger charge is -2.28. The largest absolute Gasteiger partial charge is 0.349 e. The van der Waals surface area contributed by atoms with Gasteiger partial charge in [-0.25, -0.2) is 13.8 Å². The minimum absolute atomic E-state index is 0.186. The number of alkyl halides is 2. The molecule has 0 spiro atoms. The zero-order valence-corrected chi connectivity index (χ0v) is 18.0. The van der Waals surface area contributed by atoms with Crippen molar-refractivity contribution in [3.63, 3.8) is 0 Å². The summed E-state index contributed by atoms with van der Waals surface area (Å²) >= 11 is 1.60. The van der Waals surface area contributed by atoms with Crippen LogP contribution < -0.4 is 5.32 Å². The van der Waals surface area contributed by atoms with E-state index in [-0.39, 0.29) is 37.6 Å². The van der Waals surface area contributed by atoms with Gasteiger partial charge in [0.1, 0.15) is 0 Å². The summed E-state index contributed by atoms with van der Waals surface area (Å²) in [5.41, 5.74) is 3.65. The second-order valence-corrected chi connectivity index (χ2v) is 9.14. The minimum atomic E-state index is -2.62. The van der Waals surface area contributed by atoms with Crippen molar-refractivity contribution >= 4 is 29.1 Å². The van der Waals surface area contributed by atoms with Crippen LogP contribution in [0.1, 0.15) is 47.3 Å². The first-order valence-corrected chi connectivity index (χ1v) is 11.4. The van der Waals surface area contributed by atoms with Crippen LogP contribution in [0.4, 0.5) is 14.5 Å². The predicted octanol–water partition coefficient (Wildman–Crippen LogP) is 6.02. The van der Waals surface area contributed by atoms with E-state index in [1.807, 2.05) is 48.5 Å². The minimum Gasteiger partial charge on any atom is -0.349 e. The number of aliphatic imine (C=N–C) groups is 1. The van der Waals surface area contributed by atoms with Crippen molar-refractivity contribution in [2.45, 2.75) is 47.4 Å². The molecule has 2 aromatic carbocycles. The number of pyridine rings is 1. The predicted molar refractivity (Wildman–Crippen MR) is 121 cm³/mol. The second kappa shape index (κ2) is 8.47. The molecule has 0 bridgehead atoms. The van der Waals surface area contributed by atoms with Crippen molar-refractivity contribution < 1.29 is 13.6 Å². The van der Waals surface area contributed by atoms with Gasteiger partial charge in [0.2, 0.25) is 5.92 Å². The summed E-state index contributed by atoms with van der Waals surface area (Å²) < 4.78 is 26.8. The summed E-state index contributed by atoms with van der Waals surface area (Å²) in [5, 5.41) is 2.92. The fourth-order valence-corrected chi connectivity index (χ4v) is 5.04. The molecule has 1 amide bonds. The maximum atomic E-state index is 13.4. The third-order valence-electron chi connectivity index (χ3n) is 5.78. The van der Waals surface area contributed by atoms with E-state index in [0.29, 0.717) is 11.3 Å². The number of benzene rings is 2. The van der Waals surface area contributed by atoms with Crippen molar-refractivity contribution in [1.29, 1.82) is 0 Å². The van der Waals surface area contributed by atoms with Crippen molar-refractivity contribution in [2.75, 3.05) is 0 Å². The number of nitrogens with one attached hydrogen (secondary N) is 1. The number of rotatable bonds is 3. The van der Waals surface area contributed by atoms with E-state index < -0.39 is 5.92 Å². The number of hydrogen-bond donors (Lipinski definition) is 1. The molecule has 1 fully saturated rings. The third-order valence-corrected chi connectivity index (χ3v) is 6.92. The second-order valence-electron chi connectivity index (χ2n) is 8.06. The van der Waals surface area contributed by atoms with E-state index >= 15 is 0 Å². The summed E-state index contributed by atoms with van der Waals surface area (Å²) in [6.07, 6.45) is 1.94. The lowest BCUT2D eigenvalue weighted by atomic mass is 9.92. The Morgan fingerprint density at radius 2 is 1.78 bits per heavy atom. The number of amides is 1. The number of hydrogen-bond acceptors (Lipinski definition) is 4. The normalized spacial score (nSPS) is 17.5. The maximum Gasteiger partial charge on any atom is 0.251 e. The molecule has 2 heterocycles. The van der Waals surface area contributed by atoms with Gasteiger partial charge in [0.15, 0.2) is 0 Å². The van der Waals surface area contributed by atoms with Crippen LogP contribution in [-0.4, -0.2) is 28.6 Å². The molecular weight excluding hydrogens is 428 g/mol. The molecule has 4 nitrogen and oxygen atoms in total. The Morgan fingerprint density at radius 3 is 2.56 bits per heavy atom. The molecule has 0 unspecified atom stereocenters. The molecule has 3 aromatic rings. The summed E-state index contributed by atoms with van der Waals surface area (Å²) in [6, 6.07) is 18.9. The number of fused-ring (bicyclic) bond motifs is 2. The Kier molecular flexibility index (Phi) is 5.51. The molecule has 2 aliphatic rings. The molecule has 1 aromatic heterocycles. The molecule has 0 saturated heterocycles. The molecule has 32 heavy (non-hydrogen) atoms. The summed E-state index contributed by atoms with van der Waals surface area (Å²) in [4.78, 5) is 24.3. The van der Waals surface area contributed by atoms with Crippen molar-refractivity contribution in [3.05, 3.63) is 83.7 Å². The van der Waals surface area contributed by atoms with Crippen molar-refractivity contribution in [3.8, 4) is 0 Å². The van der Waals surface area contributed by atoms with Gasteiger partial charge in [-0.2, -0.15) is 0 Å². The van der Waals surface area contributed by atoms with Gasteiger partial charge in [0.25, 0.3) is 5.91 Å². The summed E-state index contributed by atoms with van der Waals surface area (Å²) in [6.45, 7) is 0. The number of halogens is 2. The quantitative estimate of drug-likeness (QED) is 0.416. The van der Waals surface area contributed by atoms with Gasteiger partial charge >= 0.3 is 0 Å². The van der Waals surface area contributed by atoms with Gasteiger partial charge in [-0.05, 0) is 49.2 Å². The molecule has 162 valence electrons. The van der Waals surface area contributed by atoms with E-state index in [9.17, 15) is 13.6 Å². The average Bonchev–Trinajstić information content (AvgIpc) is 2.97. The van der Waals surface area contributed by atoms with Crippen molar-refractivity contribution in [1.82, 2.24) is 10.3 Å².